The van der Waals surface area contributed by atoms with Gasteiger partial charge in [-0.2, -0.15) is 5.10 Å². The van der Waals surface area contributed by atoms with Crippen molar-refractivity contribution in [1.29, 1.82) is 0 Å². The van der Waals surface area contributed by atoms with E-state index in [2.05, 4.69) is 52.0 Å². The molecule has 1 saturated heterocycles. The number of halogens is 1. The van der Waals surface area contributed by atoms with Crippen LogP contribution in [-0.2, 0) is 6.54 Å². The fraction of sp³-hybridized carbons (Fsp3) is 0.733. The van der Waals surface area contributed by atoms with Crippen molar-refractivity contribution in [1.82, 2.24) is 14.7 Å². The third-order valence-electron chi connectivity index (χ3n) is 3.92. The van der Waals surface area contributed by atoms with Gasteiger partial charge < -0.3 is 10.2 Å². The molecule has 1 aromatic heterocycles. The Hall–Kier alpha value is -0.880. The number of hydrogen-bond acceptors (Lipinski definition) is 4. The van der Waals surface area contributed by atoms with E-state index >= 15 is 0 Å². The molecule has 0 amide bonds. The first-order valence-corrected chi connectivity index (χ1v) is 8.52. The first-order valence-electron chi connectivity index (χ1n) is 7.73. The molecular formula is C15H25BrN4O. The Morgan fingerprint density at radius 1 is 1.52 bits per heavy atom. The molecule has 0 bridgehead atoms. The van der Waals surface area contributed by atoms with Gasteiger partial charge in [-0.05, 0) is 47.3 Å². The van der Waals surface area contributed by atoms with E-state index in [1.165, 1.54) is 17.6 Å². The Kier molecular flexibility index (Phi) is 5.81. The predicted octanol–water partition coefficient (Wildman–Crippen LogP) is 2.42. The highest BCUT2D eigenvalue weighted by Crippen LogP contribution is 2.20. The molecule has 2 heterocycles. The molecule has 1 unspecified atom stereocenters. The van der Waals surface area contributed by atoms with Crippen LogP contribution in [0.15, 0.2) is 15.5 Å². The molecule has 0 saturated carbocycles. The van der Waals surface area contributed by atoms with Crippen LogP contribution in [0.25, 0.3) is 0 Å². The van der Waals surface area contributed by atoms with Gasteiger partial charge in [0, 0.05) is 19.6 Å². The van der Waals surface area contributed by atoms with Crippen molar-refractivity contribution in [3.63, 3.8) is 0 Å². The number of anilines is 1. The van der Waals surface area contributed by atoms with Gasteiger partial charge in [0.2, 0.25) is 0 Å². The fourth-order valence-electron chi connectivity index (χ4n) is 2.69. The van der Waals surface area contributed by atoms with Crippen LogP contribution in [0.1, 0.15) is 27.2 Å². The normalized spacial score (nSPS) is 19.4. The van der Waals surface area contributed by atoms with Gasteiger partial charge in [-0.15, -0.1) is 0 Å². The lowest BCUT2D eigenvalue weighted by molar-refractivity contribution is 0.345. The molecule has 21 heavy (non-hydrogen) atoms. The summed E-state index contributed by atoms with van der Waals surface area (Å²) in [6.07, 6.45) is 2.97. The summed E-state index contributed by atoms with van der Waals surface area (Å²) < 4.78 is 2.11. The van der Waals surface area contributed by atoms with Crippen LogP contribution < -0.4 is 10.9 Å². The van der Waals surface area contributed by atoms with Gasteiger partial charge in [0.05, 0.1) is 11.9 Å². The van der Waals surface area contributed by atoms with Gasteiger partial charge in [0.1, 0.15) is 4.47 Å². The van der Waals surface area contributed by atoms with E-state index in [-0.39, 0.29) is 5.56 Å². The number of nitrogens with zero attached hydrogens (tertiary/aromatic N) is 3. The highest BCUT2D eigenvalue weighted by atomic mass is 79.9. The molecule has 2 rings (SSSR count). The molecule has 5 nitrogen and oxygen atoms in total. The maximum Gasteiger partial charge on any atom is 0.283 e. The fourth-order valence-corrected chi connectivity index (χ4v) is 3.13. The van der Waals surface area contributed by atoms with Crippen LogP contribution in [0, 0.1) is 11.8 Å². The standard InChI is InChI=1S/C15H25BrN4O/c1-4-19-6-5-12(10-19)7-17-13-8-18-20(9-11(2)3)15(21)14(13)16/h8,11-12,17H,4-7,9-10H2,1-3H3. The highest BCUT2D eigenvalue weighted by molar-refractivity contribution is 9.10. The van der Waals surface area contributed by atoms with Gasteiger partial charge in [-0.1, -0.05) is 20.8 Å². The Morgan fingerprint density at radius 2 is 2.29 bits per heavy atom. The van der Waals surface area contributed by atoms with E-state index in [4.69, 9.17) is 0 Å². The lowest BCUT2D eigenvalue weighted by Crippen LogP contribution is -2.27. The van der Waals surface area contributed by atoms with E-state index in [1.54, 1.807) is 6.20 Å². The Morgan fingerprint density at radius 3 is 2.90 bits per heavy atom. The highest BCUT2D eigenvalue weighted by Gasteiger charge is 2.21. The van der Waals surface area contributed by atoms with Gasteiger partial charge in [-0.25, -0.2) is 4.68 Å². The van der Waals surface area contributed by atoms with Gasteiger partial charge in [0.15, 0.2) is 0 Å². The van der Waals surface area contributed by atoms with Gasteiger partial charge >= 0.3 is 0 Å². The second kappa shape index (κ2) is 7.40. The zero-order chi connectivity index (χ0) is 15.4. The van der Waals surface area contributed by atoms with Crippen LogP contribution in [0.4, 0.5) is 5.69 Å². The quantitative estimate of drug-likeness (QED) is 0.850. The van der Waals surface area contributed by atoms with Crippen molar-refractivity contribution < 1.29 is 0 Å². The maximum atomic E-state index is 12.2. The Balaban J connectivity index is 1.98. The summed E-state index contributed by atoms with van der Waals surface area (Å²) in [5.74, 6) is 1.05. The average Bonchev–Trinajstić information content (AvgIpc) is 2.91. The minimum atomic E-state index is -0.0599. The van der Waals surface area contributed by atoms with Crippen LogP contribution >= 0.6 is 15.9 Å². The Labute approximate surface area is 134 Å². The molecule has 1 aromatic rings. The third kappa shape index (κ3) is 4.30. The molecule has 0 spiro atoms. The molecular weight excluding hydrogens is 332 g/mol. The van der Waals surface area contributed by atoms with Gasteiger partial charge in [-0.3, -0.25) is 4.79 Å². The number of rotatable bonds is 6. The predicted molar refractivity (Wildman–Crippen MR) is 89.7 cm³/mol. The average molecular weight is 357 g/mol. The SMILES string of the molecule is CCN1CCC(CNc2cnn(CC(C)C)c(=O)c2Br)C1. The summed E-state index contributed by atoms with van der Waals surface area (Å²) in [5.41, 5.74) is 0.741. The summed E-state index contributed by atoms with van der Waals surface area (Å²) >= 11 is 3.41. The van der Waals surface area contributed by atoms with Crippen molar-refractivity contribution in [3.05, 3.63) is 21.0 Å². The smallest absolute Gasteiger partial charge is 0.283 e. The molecule has 1 fully saturated rings. The van der Waals surface area contributed by atoms with Crippen molar-refractivity contribution >= 4 is 21.6 Å². The summed E-state index contributed by atoms with van der Waals surface area (Å²) in [4.78, 5) is 14.7. The minimum absolute atomic E-state index is 0.0599. The maximum absolute atomic E-state index is 12.2. The van der Waals surface area contributed by atoms with Gasteiger partial charge in [0.25, 0.3) is 5.56 Å². The van der Waals surface area contributed by atoms with E-state index in [0.717, 1.165) is 25.3 Å². The molecule has 1 aliphatic rings. The van der Waals surface area contributed by atoms with Crippen molar-refractivity contribution in [3.8, 4) is 0 Å². The monoisotopic (exact) mass is 356 g/mol. The largest absolute Gasteiger partial charge is 0.382 e. The molecule has 0 radical (unpaired) electrons. The molecule has 0 aliphatic carbocycles. The molecule has 1 N–H and O–H groups in total. The summed E-state index contributed by atoms with van der Waals surface area (Å²) in [5, 5.41) is 7.63. The summed E-state index contributed by atoms with van der Waals surface area (Å²) in [7, 11) is 0. The lowest BCUT2D eigenvalue weighted by Gasteiger charge is -2.15. The number of aromatic nitrogens is 2. The topological polar surface area (TPSA) is 50.2 Å². The second-order valence-corrected chi connectivity index (χ2v) is 6.98. The van der Waals surface area contributed by atoms with Crippen LogP contribution in [0.5, 0.6) is 0 Å². The van der Waals surface area contributed by atoms with Crippen molar-refractivity contribution in [2.24, 2.45) is 11.8 Å². The molecule has 118 valence electrons. The van der Waals surface area contributed by atoms with Crippen molar-refractivity contribution in [2.45, 2.75) is 33.7 Å². The molecule has 1 aliphatic heterocycles. The Bertz CT molecular complexity index is 529. The van der Waals surface area contributed by atoms with Crippen molar-refractivity contribution in [2.75, 3.05) is 31.5 Å². The molecule has 1 atom stereocenters. The van der Waals surface area contributed by atoms with E-state index in [1.807, 2.05) is 0 Å². The molecule has 0 aromatic carbocycles. The van der Waals surface area contributed by atoms with Crippen LogP contribution in [-0.4, -0.2) is 40.9 Å². The van der Waals surface area contributed by atoms with E-state index in [0.29, 0.717) is 22.9 Å². The second-order valence-electron chi connectivity index (χ2n) is 6.18. The number of nitrogens with one attached hydrogen (secondary N) is 1. The van der Waals surface area contributed by atoms with Crippen LogP contribution in [0.3, 0.4) is 0 Å². The summed E-state index contributed by atoms with van der Waals surface area (Å²) in [6, 6.07) is 0. The molecule has 6 heteroatoms. The first-order chi connectivity index (χ1) is 10.0. The number of hydrogen-bond donors (Lipinski definition) is 1. The summed E-state index contributed by atoms with van der Waals surface area (Å²) in [6.45, 7) is 11.3. The first kappa shape index (κ1) is 16.5. The lowest BCUT2D eigenvalue weighted by atomic mass is 10.1. The minimum Gasteiger partial charge on any atom is -0.382 e. The van der Waals surface area contributed by atoms with E-state index in [9.17, 15) is 4.79 Å². The number of likely N-dealkylation sites (tertiary alicyclic amines) is 1. The zero-order valence-corrected chi connectivity index (χ0v) is 14.7. The third-order valence-corrected chi connectivity index (χ3v) is 4.69. The van der Waals surface area contributed by atoms with Crippen LogP contribution in [0.2, 0.25) is 0 Å². The van der Waals surface area contributed by atoms with E-state index < -0.39 is 0 Å². The zero-order valence-electron chi connectivity index (χ0n) is 13.1.